The number of hydrogen-bond donors (Lipinski definition) is 0. The largest absolute Gasteiger partial charge is 0.297 e. The fourth-order valence-corrected chi connectivity index (χ4v) is 5.15. The van der Waals surface area contributed by atoms with Crippen LogP contribution in [-0.4, -0.2) is 52.5 Å². The molecule has 3 aromatic rings. The summed E-state index contributed by atoms with van der Waals surface area (Å²) in [5, 5.41) is 0.727. The molecule has 2 heterocycles. The van der Waals surface area contributed by atoms with Crippen LogP contribution in [0.15, 0.2) is 66.7 Å². The van der Waals surface area contributed by atoms with Gasteiger partial charge >= 0.3 is 0 Å². The molecule has 0 N–H and O–H groups in total. The van der Waals surface area contributed by atoms with Crippen LogP contribution in [0, 0.1) is 0 Å². The first-order valence-electron chi connectivity index (χ1n) is 11.4. The van der Waals surface area contributed by atoms with Crippen LogP contribution < -0.4 is 0 Å². The number of Topliss-reactive ketones (excluding diaryl/α,β-unsaturated/α-hetero) is 2. The van der Waals surface area contributed by atoms with E-state index in [-0.39, 0.29) is 11.6 Å². The second kappa shape index (κ2) is 8.82. The van der Waals surface area contributed by atoms with Gasteiger partial charge in [-0.3, -0.25) is 24.4 Å². The number of fused-ring (bicyclic) bond motifs is 1. The fourth-order valence-electron chi connectivity index (χ4n) is 5.02. The average molecular weight is 460 g/mol. The predicted molar refractivity (Wildman–Crippen MR) is 129 cm³/mol. The molecule has 33 heavy (non-hydrogen) atoms. The quantitative estimate of drug-likeness (QED) is 0.530. The molecule has 1 aromatic heterocycles. The molecule has 2 aliphatic rings. The second-order valence-corrected chi connectivity index (χ2v) is 9.11. The number of pyridine rings is 1. The second-order valence-electron chi connectivity index (χ2n) is 8.67. The number of ketones is 2. The molecule has 0 atom stereocenters. The molecule has 1 aliphatic heterocycles. The van der Waals surface area contributed by atoms with Gasteiger partial charge in [0.2, 0.25) is 0 Å². The number of carbonyl (C=O) groups excluding carboxylic acids is 2. The van der Waals surface area contributed by atoms with Crippen LogP contribution in [0.2, 0.25) is 5.02 Å². The predicted octanol–water partition coefficient (Wildman–Crippen LogP) is 4.39. The van der Waals surface area contributed by atoms with Gasteiger partial charge in [0.25, 0.3) is 0 Å². The molecule has 5 nitrogen and oxygen atoms in total. The van der Waals surface area contributed by atoms with Gasteiger partial charge in [-0.05, 0) is 36.2 Å². The molecule has 0 unspecified atom stereocenters. The number of aryl methyl sites for hydroxylation is 1. The Hall–Kier alpha value is -2.86. The van der Waals surface area contributed by atoms with Gasteiger partial charge in [-0.1, -0.05) is 61.0 Å². The molecule has 0 radical (unpaired) electrons. The van der Waals surface area contributed by atoms with Crippen molar-refractivity contribution in [3.63, 3.8) is 0 Å². The van der Waals surface area contributed by atoms with Gasteiger partial charge in [0.15, 0.2) is 17.1 Å². The average Bonchev–Trinajstić information content (AvgIpc) is 3.09. The van der Waals surface area contributed by atoms with Crippen LogP contribution in [0.25, 0.3) is 0 Å². The van der Waals surface area contributed by atoms with Gasteiger partial charge in [0.1, 0.15) is 0 Å². The lowest BCUT2D eigenvalue weighted by atomic mass is 9.85. The summed E-state index contributed by atoms with van der Waals surface area (Å²) < 4.78 is 0. The SMILES string of the molecule is CCc1cccc(C2(N3CCN(Cc4ccc(Cl)cc4)CC3)C(=O)c3ccccc3C2=O)n1. The van der Waals surface area contributed by atoms with Crippen molar-refractivity contribution in [1.82, 2.24) is 14.8 Å². The van der Waals surface area contributed by atoms with Gasteiger partial charge in [-0.2, -0.15) is 0 Å². The zero-order valence-electron chi connectivity index (χ0n) is 18.6. The number of carbonyl (C=O) groups is 2. The molecular weight excluding hydrogens is 434 g/mol. The van der Waals surface area contributed by atoms with Crippen LogP contribution in [0.3, 0.4) is 0 Å². The molecular formula is C27H26ClN3O2. The first kappa shape index (κ1) is 22.0. The Morgan fingerprint density at radius 2 is 1.48 bits per heavy atom. The Morgan fingerprint density at radius 1 is 0.848 bits per heavy atom. The minimum atomic E-state index is -1.39. The maximum absolute atomic E-state index is 13.9. The highest BCUT2D eigenvalue weighted by Gasteiger charge is 2.59. The Kier molecular flexibility index (Phi) is 5.87. The van der Waals surface area contributed by atoms with Gasteiger partial charge in [0.05, 0.1) is 5.69 Å². The zero-order valence-corrected chi connectivity index (χ0v) is 19.4. The lowest BCUT2D eigenvalue weighted by Gasteiger charge is -2.43. The summed E-state index contributed by atoms with van der Waals surface area (Å²) in [6, 6.07) is 20.7. The van der Waals surface area contributed by atoms with Crippen molar-refractivity contribution in [1.29, 1.82) is 0 Å². The molecule has 0 spiro atoms. The minimum absolute atomic E-state index is 0.157. The van der Waals surface area contributed by atoms with E-state index in [1.54, 1.807) is 12.1 Å². The third-order valence-electron chi connectivity index (χ3n) is 6.78. The summed E-state index contributed by atoms with van der Waals surface area (Å²) in [5.74, 6) is -0.315. The van der Waals surface area contributed by atoms with Crippen LogP contribution >= 0.6 is 11.6 Å². The molecule has 1 aliphatic carbocycles. The number of benzene rings is 2. The first-order chi connectivity index (χ1) is 16.0. The number of aromatic nitrogens is 1. The third kappa shape index (κ3) is 3.70. The Bertz CT molecular complexity index is 1160. The normalized spacial score (nSPS) is 18.5. The van der Waals surface area contributed by atoms with Crippen LogP contribution in [0.5, 0.6) is 0 Å². The molecule has 2 aromatic carbocycles. The summed E-state index contributed by atoms with van der Waals surface area (Å²) in [6.45, 7) is 5.57. The highest BCUT2D eigenvalue weighted by atomic mass is 35.5. The minimum Gasteiger partial charge on any atom is -0.297 e. The number of rotatable bonds is 5. The first-order valence-corrected chi connectivity index (χ1v) is 11.8. The van der Waals surface area contributed by atoms with Crippen LogP contribution in [-0.2, 0) is 18.5 Å². The molecule has 168 valence electrons. The number of halogens is 1. The van der Waals surface area contributed by atoms with E-state index in [1.165, 1.54) is 5.56 Å². The Labute approximate surface area is 199 Å². The molecule has 0 amide bonds. The number of hydrogen-bond acceptors (Lipinski definition) is 5. The topological polar surface area (TPSA) is 53.5 Å². The Balaban J connectivity index is 1.47. The number of piperazine rings is 1. The zero-order chi connectivity index (χ0) is 23.0. The van der Waals surface area contributed by atoms with Crippen molar-refractivity contribution in [3.8, 4) is 0 Å². The molecule has 1 fully saturated rings. The Morgan fingerprint density at radius 3 is 2.09 bits per heavy atom. The monoisotopic (exact) mass is 459 g/mol. The highest BCUT2D eigenvalue weighted by Crippen LogP contribution is 2.42. The van der Waals surface area contributed by atoms with E-state index in [2.05, 4.69) is 9.80 Å². The van der Waals surface area contributed by atoms with Crippen molar-refractivity contribution in [3.05, 3.63) is 99.8 Å². The van der Waals surface area contributed by atoms with Crippen molar-refractivity contribution in [2.24, 2.45) is 0 Å². The standard InChI is InChI=1S/C27H26ClN3O2/c1-2-21-6-5-9-24(29-21)27(25(32)22-7-3-4-8-23(22)26(27)33)31-16-14-30(15-17-31)18-19-10-12-20(28)13-11-19/h3-13H,2,14-18H2,1H3. The van der Waals surface area contributed by atoms with Crippen molar-refractivity contribution in [2.45, 2.75) is 25.4 Å². The van der Waals surface area contributed by atoms with Gasteiger partial charge < -0.3 is 0 Å². The van der Waals surface area contributed by atoms with E-state index in [9.17, 15) is 9.59 Å². The summed E-state index contributed by atoms with van der Waals surface area (Å²) in [5.41, 5.74) is 2.22. The van der Waals surface area contributed by atoms with Crippen LogP contribution in [0.4, 0.5) is 0 Å². The molecule has 5 rings (SSSR count). The van der Waals surface area contributed by atoms with Crippen molar-refractivity contribution >= 4 is 23.2 Å². The van der Waals surface area contributed by atoms with Crippen LogP contribution in [0.1, 0.15) is 44.6 Å². The molecule has 6 heteroatoms. The summed E-state index contributed by atoms with van der Waals surface area (Å²) in [7, 11) is 0. The van der Waals surface area contributed by atoms with Crippen molar-refractivity contribution in [2.75, 3.05) is 26.2 Å². The number of nitrogens with zero attached hydrogens (tertiary/aromatic N) is 3. The third-order valence-corrected chi connectivity index (χ3v) is 7.03. The highest BCUT2D eigenvalue weighted by molar-refractivity contribution is 6.32. The van der Waals surface area contributed by atoms with E-state index in [0.29, 0.717) is 29.9 Å². The summed E-state index contributed by atoms with van der Waals surface area (Å²) in [6.07, 6.45) is 0.744. The van der Waals surface area contributed by atoms with Gasteiger partial charge in [-0.15, -0.1) is 0 Å². The smallest absolute Gasteiger partial charge is 0.198 e. The summed E-state index contributed by atoms with van der Waals surface area (Å²) in [4.78, 5) is 37.0. The molecule has 0 saturated carbocycles. The summed E-state index contributed by atoms with van der Waals surface area (Å²) >= 11 is 6.02. The maximum atomic E-state index is 13.9. The lowest BCUT2D eigenvalue weighted by Crippen LogP contribution is -2.60. The van der Waals surface area contributed by atoms with Gasteiger partial charge in [-0.25, -0.2) is 0 Å². The molecule has 0 bridgehead atoms. The lowest BCUT2D eigenvalue weighted by molar-refractivity contribution is 0.0266. The maximum Gasteiger partial charge on any atom is 0.198 e. The van der Waals surface area contributed by atoms with E-state index in [1.807, 2.05) is 61.5 Å². The fraction of sp³-hybridized carbons (Fsp3) is 0.296. The van der Waals surface area contributed by atoms with E-state index < -0.39 is 5.54 Å². The van der Waals surface area contributed by atoms with Gasteiger partial charge in [0, 0.05) is 54.6 Å². The molecule has 1 saturated heterocycles. The van der Waals surface area contributed by atoms with E-state index >= 15 is 0 Å². The van der Waals surface area contributed by atoms with Crippen molar-refractivity contribution < 1.29 is 9.59 Å². The van der Waals surface area contributed by atoms with E-state index in [4.69, 9.17) is 16.6 Å². The van der Waals surface area contributed by atoms with E-state index in [0.717, 1.165) is 36.8 Å².